The van der Waals surface area contributed by atoms with E-state index in [-0.39, 0.29) is 53.2 Å². The van der Waals surface area contributed by atoms with Crippen molar-refractivity contribution in [1.82, 2.24) is 34.5 Å². The molecule has 1 N–H and O–H groups in total. The van der Waals surface area contributed by atoms with Gasteiger partial charge in [-0.3, -0.25) is 19.2 Å². The number of ether oxygens (including phenoxy) is 1. The third-order valence-electron chi connectivity index (χ3n) is 14.4. The van der Waals surface area contributed by atoms with E-state index < -0.39 is 86.9 Å². The van der Waals surface area contributed by atoms with Crippen LogP contribution in [0.5, 0.6) is 11.5 Å². The number of benzene rings is 3. The first-order valence-electron chi connectivity index (χ1n) is 24.1. The van der Waals surface area contributed by atoms with Gasteiger partial charge < -0.3 is 38.6 Å². The SMILES string of the molecule is C[C@H]1C(=O)N[C@@H](CO[Si](C)(C)C(C)(C)C)C(=O)N(C)[C@@]2(Cc3ccc(Cl)cc3)CCCCN(C2)C(=O)[C@H](CC(F)(F)F)CC(=O)N1Cc1c(F)cc(Cl)cc1Oc1ccc(-c2cnc(CN(C)C)n2C)cc1. The number of aromatic nitrogens is 2. The Kier molecular flexibility index (Phi) is 17.7. The normalized spacial score (nSPS) is 21.2. The highest BCUT2D eigenvalue weighted by Gasteiger charge is 2.48. The molecule has 20 heteroatoms. The van der Waals surface area contributed by atoms with Crippen LogP contribution in [0.3, 0.4) is 0 Å². The number of nitrogens with one attached hydrogen (secondary N) is 1. The average molecular weight is 1060 g/mol. The third kappa shape index (κ3) is 13.6. The van der Waals surface area contributed by atoms with E-state index in [9.17, 15) is 27.6 Å². The van der Waals surface area contributed by atoms with Crippen LogP contribution in [-0.2, 0) is 50.2 Å². The second-order valence-electron chi connectivity index (χ2n) is 21.0. The molecule has 4 aromatic rings. The van der Waals surface area contributed by atoms with Crippen LogP contribution in [0.15, 0.2) is 66.9 Å². The van der Waals surface area contributed by atoms with E-state index in [4.69, 9.17) is 32.4 Å². The van der Waals surface area contributed by atoms with Crippen molar-refractivity contribution in [3.63, 3.8) is 0 Å². The zero-order valence-corrected chi connectivity index (χ0v) is 45.3. The molecule has 3 aromatic carbocycles. The molecule has 0 spiro atoms. The summed E-state index contributed by atoms with van der Waals surface area (Å²) < 4.78 is 75.0. The van der Waals surface area contributed by atoms with Crippen LogP contribution >= 0.6 is 23.2 Å². The fraction of sp³-hybridized carbons (Fsp3) is 0.519. The molecule has 4 atom stereocenters. The van der Waals surface area contributed by atoms with Crippen LogP contribution in [0.4, 0.5) is 17.6 Å². The van der Waals surface area contributed by atoms with Crippen molar-refractivity contribution < 1.29 is 45.9 Å². The van der Waals surface area contributed by atoms with Gasteiger partial charge >= 0.3 is 6.18 Å². The molecular formula is C52H67Cl2F4N7O6Si. The van der Waals surface area contributed by atoms with Gasteiger partial charge in [0.2, 0.25) is 23.6 Å². The maximum atomic E-state index is 16.4. The minimum absolute atomic E-state index is 0.0584. The number of imidazole rings is 1. The predicted octanol–water partition coefficient (Wildman–Crippen LogP) is 10.0. The van der Waals surface area contributed by atoms with Crippen molar-refractivity contribution in [2.45, 2.75) is 121 Å². The second kappa shape index (κ2) is 22.6. The lowest BCUT2D eigenvalue weighted by Gasteiger charge is -2.46. The molecule has 13 nitrogen and oxygen atoms in total. The Balaban J connectivity index is 1.42. The molecule has 2 aliphatic rings. The molecule has 2 saturated heterocycles. The van der Waals surface area contributed by atoms with Crippen LogP contribution in [0.2, 0.25) is 28.2 Å². The summed E-state index contributed by atoms with van der Waals surface area (Å²) in [5.74, 6) is -5.30. The predicted molar refractivity (Wildman–Crippen MR) is 272 cm³/mol. The summed E-state index contributed by atoms with van der Waals surface area (Å²) in [6, 6.07) is 13.3. The fourth-order valence-corrected chi connectivity index (χ4v) is 10.4. The first-order chi connectivity index (χ1) is 33.6. The Hall–Kier alpha value is -5.01. The summed E-state index contributed by atoms with van der Waals surface area (Å²) in [6.07, 6.45) is -4.29. The highest BCUT2D eigenvalue weighted by Crippen LogP contribution is 2.39. The molecule has 2 aliphatic heterocycles. The van der Waals surface area contributed by atoms with Gasteiger partial charge in [0.25, 0.3) is 0 Å². The number of halogens is 6. The molecule has 0 radical (unpaired) electrons. The lowest BCUT2D eigenvalue weighted by molar-refractivity contribution is -0.164. The number of hydrogen-bond acceptors (Lipinski definition) is 8. The molecule has 392 valence electrons. The molecule has 3 heterocycles. The Bertz CT molecular complexity index is 2590. The highest BCUT2D eigenvalue weighted by molar-refractivity contribution is 6.74. The number of carbonyl (C=O) groups is 4. The lowest BCUT2D eigenvalue weighted by Crippen LogP contribution is -2.64. The maximum Gasteiger partial charge on any atom is 0.389 e. The van der Waals surface area contributed by atoms with Crippen molar-refractivity contribution in [1.29, 1.82) is 0 Å². The number of fused-ring (bicyclic) bond motifs is 2. The van der Waals surface area contributed by atoms with Gasteiger partial charge in [-0.05, 0) is 119 Å². The van der Waals surface area contributed by atoms with Gasteiger partial charge in [0.15, 0.2) is 8.32 Å². The van der Waals surface area contributed by atoms with Crippen molar-refractivity contribution in [3.05, 3.63) is 99.7 Å². The number of likely N-dealkylation sites (N-methyl/N-ethyl adjacent to an activating group) is 1. The Morgan fingerprint density at radius 1 is 0.931 bits per heavy atom. The Morgan fingerprint density at radius 3 is 2.22 bits per heavy atom. The van der Waals surface area contributed by atoms with E-state index in [0.717, 1.165) is 33.6 Å². The van der Waals surface area contributed by atoms with Gasteiger partial charge in [-0.1, -0.05) is 56.1 Å². The number of nitrogens with zero attached hydrogens (tertiary/aromatic N) is 6. The third-order valence-corrected chi connectivity index (χ3v) is 19.4. The van der Waals surface area contributed by atoms with Crippen molar-refractivity contribution >= 4 is 55.1 Å². The summed E-state index contributed by atoms with van der Waals surface area (Å²) >= 11 is 12.6. The first kappa shape index (κ1) is 56.3. The Morgan fingerprint density at radius 2 is 1.60 bits per heavy atom. The largest absolute Gasteiger partial charge is 0.457 e. The number of alkyl halides is 3. The van der Waals surface area contributed by atoms with Gasteiger partial charge in [-0.2, -0.15) is 13.2 Å². The van der Waals surface area contributed by atoms with Gasteiger partial charge in [0.05, 0.1) is 49.5 Å². The number of rotatable bonds is 13. The number of carbonyl (C=O) groups excluding carboxylic acids is 4. The van der Waals surface area contributed by atoms with E-state index in [2.05, 4.69) is 10.3 Å². The van der Waals surface area contributed by atoms with Crippen LogP contribution in [0.1, 0.15) is 76.8 Å². The monoisotopic (exact) mass is 1060 g/mol. The van der Waals surface area contributed by atoms with Gasteiger partial charge in [0, 0.05) is 54.8 Å². The number of amides is 4. The average Bonchev–Trinajstić information content (AvgIpc) is 3.50. The zero-order valence-electron chi connectivity index (χ0n) is 42.8. The molecular weight excluding hydrogens is 994 g/mol. The van der Waals surface area contributed by atoms with Crippen molar-refractivity contribution in [2.75, 3.05) is 40.8 Å². The smallest absolute Gasteiger partial charge is 0.389 e. The summed E-state index contributed by atoms with van der Waals surface area (Å²) in [4.78, 5) is 69.9. The Labute approximate surface area is 431 Å². The molecule has 2 fully saturated rings. The van der Waals surface area contributed by atoms with E-state index in [0.29, 0.717) is 30.8 Å². The van der Waals surface area contributed by atoms with E-state index in [1.54, 1.807) is 61.8 Å². The van der Waals surface area contributed by atoms with Gasteiger partial charge in [0.1, 0.15) is 35.2 Å². The van der Waals surface area contributed by atoms with Crippen molar-refractivity contribution in [3.8, 4) is 22.8 Å². The first-order valence-corrected chi connectivity index (χ1v) is 27.8. The van der Waals surface area contributed by atoms with Gasteiger partial charge in [-0.25, -0.2) is 9.37 Å². The lowest BCUT2D eigenvalue weighted by atomic mass is 9.83. The minimum Gasteiger partial charge on any atom is -0.457 e. The van der Waals surface area contributed by atoms with Crippen LogP contribution in [-0.4, -0.2) is 126 Å². The highest BCUT2D eigenvalue weighted by atomic mass is 35.5. The molecule has 6 rings (SSSR count). The second-order valence-corrected chi connectivity index (χ2v) is 26.7. The molecule has 72 heavy (non-hydrogen) atoms. The summed E-state index contributed by atoms with van der Waals surface area (Å²) in [7, 11) is 4.78. The standard InChI is InChI=1S/C52H67Cl2F4N7O6Si/c1-33-47(67)60-42(31-70-72(9,10)50(2,3)4)49(69)63(8)51(26-34-13-17-37(53)18-14-34)21-11-12-22-64(32-51)48(68)36(27-52(56,57)58)23-46(66)65(33)29-40-41(55)24-38(54)25-44(40)71-39-19-15-35(16-20-39)43-28-59-45(62(43)7)30-61(5)6/h13-20,24-25,28,33,36,42H,11-12,21-23,26-27,29-32H2,1-10H3,(H,60,67)/t33-,36-,42-,51+/m0/s1. The van der Waals surface area contributed by atoms with E-state index in [1.807, 2.05) is 64.5 Å². The molecule has 1 aromatic heterocycles. The number of hydrogen-bond donors (Lipinski definition) is 1. The van der Waals surface area contributed by atoms with Crippen LogP contribution in [0, 0.1) is 11.7 Å². The maximum absolute atomic E-state index is 16.4. The molecule has 2 bridgehead atoms. The summed E-state index contributed by atoms with van der Waals surface area (Å²) in [5, 5.41) is 2.97. The summed E-state index contributed by atoms with van der Waals surface area (Å²) in [6.45, 7) is 11.0. The fourth-order valence-electron chi connectivity index (χ4n) is 9.08. The quantitative estimate of drug-likeness (QED) is 0.104. The van der Waals surface area contributed by atoms with E-state index in [1.165, 1.54) is 22.8 Å². The molecule has 0 saturated carbocycles. The molecule has 0 unspecified atom stereocenters. The van der Waals surface area contributed by atoms with Crippen LogP contribution < -0.4 is 10.1 Å². The molecule has 0 aliphatic carbocycles. The zero-order chi connectivity index (χ0) is 53.1. The minimum atomic E-state index is -4.89. The van der Waals surface area contributed by atoms with Crippen molar-refractivity contribution in [2.24, 2.45) is 13.0 Å². The molecule has 4 amide bonds. The topological polar surface area (TPSA) is 130 Å². The van der Waals surface area contributed by atoms with Crippen LogP contribution in [0.25, 0.3) is 11.3 Å². The van der Waals surface area contributed by atoms with E-state index >= 15 is 9.18 Å². The van der Waals surface area contributed by atoms with Gasteiger partial charge in [-0.15, -0.1) is 0 Å². The summed E-state index contributed by atoms with van der Waals surface area (Å²) in [5.41, 5.74) is 0.974.